The second kappa shape index (κ2) is 4.72. The first kappa shape index (κ1) is 10.7. The molecule has 1 rings (SSSR count). The Balaban J connectivity index is 2.61. The van der Waals surface area contributed by atoms with Crippen molar-refractivity contribution in [3.8, 4) is 0 Å². The van der Waals surface area contributed by atoms with Gasteiger partial charge in [-0.05, 0) is 19.1 Å². The van der Waals surface area contributed by atoms with Crippen LogP contribution < -0.4 is 5.32 Å². The minimum Gasteiger partial charge on any atom is -0.347 e. The van der Waals surface area contributed by atoms with Crippen molar-refractivity contribution in [2.75, 3.05) is 6.54 Å². The van der Waals surface area contributed by atoms with Crippen LogP contribution in [0.2, 0.25) is 5.15 Å². The minimum atomic E-state index is -0.280. The van der Waals surface area contributed by atoms with Crippen molar-refractivity contribution in [1.29, 1.82) is 0 Å². The van der Waals surface area contributed by atoms with E-state index in [0.29, 0.717) is 6.54 Å². The molecule has 0 spiro atoms. The van der Waals surface area contributed by atoms with Gasteiger partial charge in [0, 0.05) is 6.54 Å². The fourth-order valence-corrected chi connectivity index (χ4v) is 0.860. The van der Waals surface area contributed by atoms with E-state index >= 15 is 0 Å². The molecule has 0 saturated carbocycles. The lowest BCUT2D eigenvalue weighted by atomic mass is 10.3. The third-order valence-electron chi connectivity index (χ3n) is 1.42. The summed E-state index contributed by atoms with van der Waals surface area (Å²) in [7, 11) is 0. The second-order valence-corrected chi connectivity index (χ2v) is 3.27. The molecule has 0 fully saturated rings. The molecule has 0 saturated heterocycles. The normalized spacial score (nSPS) is 9.57. The molecule has 0 aliphatic heterocycles. The van der Waals surface area contributed by atoms with Gasteiger partial charge >= 0.3 is 0 Å². The molecule has 1 heterocycles. The molecule has 0 unspecified atom stereocenters. The Morgan fingerprint density at radius 2 is 2.29 bits per heavy atom. The summed E-state index contributed by atoms with van der Waals surface area (Å²) in [5, 5.41) is 10.1. The Labute approximate surface area is 87.0 Å². The summed E-state index contributed by atoms with van der Waals surface area (Å²) < 4.78 is 0. The zero-order valence-corrected chi connectivity index (χ0v) is 8.51. The Morgan fingerprint density at radius 1 is 1.57 bits per heavy atom. The number of aromatic nitrogens is 2. The summed E-state index contributed by atoms with van der Waals surface area (Å²) >= 11 is 5.52. The molecule has 0 atom stereocenters. The lowest BCUT2D eigenvalue weighted by molar-refractivity contribution is 0.0951. The molecule has 14 heavy (non-hydrogen) atoms. The SMILES string of the molecule is C=C(C)CNC(=O)c1ccc(Cl)nn1. The molecule has 1 aromatic heterocycles. The van der Waals surface area contributed by atoms with Crippen LogP contribution >= 0.6 is 11.6 Å². The number of hydrogen-bond acceptors (Lipinski definition) is 3. The number of nitrogens with zero attached hydrogens (tertiary/aromatic N) is 2. The van der Waals surface area contributed by atoms with E-state index in [1.54, 1.807) is 0 Å². The monoisotopic (exact) mass is 211 g/mol. The van der Waals surface area contributed by atoms with Crippen molar-refractivity contribution >= 4 is 17.5 Å². The summed E-state index contributed by atoms with van der Waals surface area (Å²) in [4.78, 5) is 11.4. The highest BCUT2D eigenvalue weighted by atomic mass is 35.5. The summed E-state index contributed by atoms with van der Waals surface area (Å²) in [6.45, 7) is 5.92. The van der Waals surface area contributed by atoms with Crippen molar-refractivity contribution in [2.45, 2.75) is 6.92 Å². The van der Waals surface area contributed by atoms with E-state index in [0.717, 1.165) is 5.57 Å². The molecule has 5 heteroatoms. The maximum atomic E-state index is 11.4. The van der Waals surface area contributed by atoms with Crippen molar-refractivity contribution in [2.24, 2.45) is 0 Å². The van der Waals surface area contributed by atoms with Gasteiger partial charge in [0.2, 0.25) is 0 Å². The lowest BCUT2D eigenvalue weighted by Gasteiger charge is -2.02. The Bertz CT molecular complexity index is 348. The highest BCUT2D eigenvalue weighted by Gasteiger charge is 2.06. The van der Waals surface area contributed by atoms with Crippen molar-refractivity contribution in [3.05, 3.63) is 35.1 Å². The molecule has 1 amide bonds. The van der Waals surface area contributed by atoms with Crippen LogP contribution in [0.5, 0.6) is 0 Å². The zero-order valence-electron chi connectivity index (χ0n) is 7.75. The topological polar surface area (TPSA) is 54.9 Å². The van der Waals surface area contributed by atoms with Crippen LogP contribution in [0.1, 0.15) is 17.4 Å². The van der Waals surface area contributed by atoms with Crippen molar-refractivity contribution in [1.82, 2.24) is 15.5 Å². The largest absolute Gasteiger partial charge is 0.347 e. The van der Waals surface area contributed by atoms with Gasteiger partial charge in [0.05, 0.1) is 0 Å². The Kier molecular flexibility index (Phi) is 3.59. The molecule has 0 aliphatic rings. The van der Waals surface area contributed by atoms with Crippen LogP contribution in [0, 0.1) is 0 Å². The predicted octanol–water partition coefficient (Wildman–Crippen LogP) is 1.44. The highest BCUT2D eigenvalue weighted by Crippen LogP contribution is 2.01. The molecule has 4 nitrogen and oxygen atoms in total. The molecular formula is C9H10ClN3O. The summed E-state index contributed by atoms with van der Waals surface area (Å²) in [6.07, 6.45) is 0. The van der Waals surface area contributed by atoms with Crippen molar-refractivity contribution in [3.63, 3.8) is 0 Å². The zero-order chi connectivity index (χ0) is 10.6. The number of rotatable bonds is 3. The van der Waals surface area contributed by atoms with Gasteiger partial charge < -0.3 is 5.32 Å². The lowest BCUT2D eigenvalue weighted by Crippen LogP contribution is -2.25. The van der Waals surface area contributed by atoms with E-state index in [4.69, 9.17) is 11.6 Å². The van der Waals surface area contributed by atoms with E-state index in [9.17, 15) is 4.79 Å². The number of carbonyl (C=O) groups is 1. The van der Waals surface area contributed by atoms with Crippen LogP contribution in [0.25, 0.3) is 0 Å². The van der Waals surface area contributed by atoms with Gasteiger partial charge in [0.25, 0.3) is 5.91 Å². The number of amides is 1. The van der Waals surface area contributed by atoms with Gasteiger partial charge in [-0.2, -0.15) is 0 Å². The maximum absolute atomic E-state index is 11.4. The average Bonchev–Trinajstić information content (AvgIpc) is 2.15. The summed E-state index contributed by atoms with van der Waals surface area (Å²) in [6, 6.07) is 3.04. The van der Waals surface area contributed by atoms with E-state index < -0.39 is 0 Å². The molecule has 0 radical (unpaired) electrons. The van der Waals surface area contributed by atoms with Gasteiger partial charge in [0.1, 0.15) is 0 Å². The molecule has 0 aromatic carbocycles. The first-order chi connectivity index (χ1) is 6.59. The fraction of sp³-hybridized carbons (Fsp3) is 0.222. The van der Waals surface area contributed by atoms with E-state index in [-0.39, 0.29) is 16.8 Å². The molecule has 74 valence electrons. The van der Waals surface area contributed by atoms with E-state index in [1.807, 2.05) is 6.92 Å². The first-order valence-corrected chi connectivity index (χ1v) is 4.39. The Morgan fingerprint density at radius 3 is 2.79 bits per heavy atom. The predicted molar refractivity (Wildman–Crippen MR) is 54.2 cm³/mol. The second-order valence-electron chi connectivity index (χ2n) is 2.88. The van der Waals surface area contributed by atoms with Crippen LogP contribution in [-0.4, -0.2) is 22.6 Å². The molecule has 0 bridgehead atoms. The quantitative estimate of drug-likeness (QED) is 0.770. The van der Waals surface area contributed by atoms with Gasteiger partial charge in [0.15, 0.2) is 10.8 Å². The number of nitrogens with one attached hydrogen (secondary N) is 1. The van der Waals surface area contributed by atoms with Crippen LogP contribution in [0.15, 0.2) is 24.3 Å². The van der Waals surface area contributed by atoms with Gasteiger partial charge in [-0.25, -0.2) is 0 Å². The smallest absolute Gasteiger partial charge is 0.272 e. The number of carbonyl (C=O) groups excluding carboxylic acids is 1. The standard InChI is InChI=1S/C9H10ClN3O/c1-6(2)5-11-9(14)7-3-4-8(10)13-12-7/h3-4H,1,5H2,2H3,(H,11,14). The highest BCUT2D eigenvalue weighted by molar-refractivity contribution is 6.29. The molecule has 1 N–H and O–H groups in total. The van der Waals surface area contributed by atoms with E-state index in [2.05, 4.69) is 22.1 Å². The van der Waals surface area contributed by atoms with Crippen LogP contribution in [0.4, 0.5) is 0 Å². The fourth-order valence-electron chi connectivity index (χ4n) is 0.759. The average molecular weight is 212 g/mol. The van der Waals surface area contributed by atoms with Gasteiger partial charge in [-0.15, -0.1) is 10.2 Å². The van der Waals surface area contributed by atoms with E-state index in [1.165, 1.54) is 12.1 Å². The van der Waals surface area contributed by atoms with Crippen molar-refractivity contribution < 1.29 is 4.79 Å². The third-order valence-corrected chi connectivity index (χ3v) is 1.62. The third kappa shape index (κ3) is 3.14. The summed E-state index contributed by atoms with van der Waals surface area (Å²) in [5.74, 6) is -0.280. The summed E-state index contributed by atoms with van der Waals surface area (Å²) in [5.41, 5.74) is 1.12. The Hall–Kier alpha value is -1.42. The van der Waals surface area contributed by atoms with Gasteiger partial charge in [-0.1, -0.05) is 23.8 Å². The van der Waals surface area contributed by atoms with Crippen LogP contribution in [-0.2, 0) is 0 Å². The van der Waals surface area contributed by atoms with Crippen LogP contribution in [0.3, 0.4) is 0 Å². The maximum Gasteiger partial charge on any atom is 0.272 e. The molecule has 0 aliphatic carbocycles. The minimum absolute atomic E-state index is 0.246. The van der Waals surface area contributed by atoms with Gasteiger partial charge in [-0.3, -0.25) is 4.79 Å². The number of hydrogen-bond donors (Lipinski definition) is 1. The number of halogens is 1. The first-order valence-electron chi connectivity index (χ1n) is 4.01. The molecular weight excluding hydrogens is 202 g/mol. The molecule has 1 aromatic rings.